The van der Waals surface area contributed by atoms with E-state index in [1.54, 1.807) is 6.92 Å². The number of sulfonamides is 2. The highest BCUT2D eigenvalue weighted by Crippen LogP contribution is 2.29. The van der Waals surface area contributed by atoms with Crippen LogP contribution in [0.15, 0.2) is 29.2 Å². The van der Waals surface area contributed by atoms with Crippen molar-refractivity contribution < 1.29 is 34.8 Å². The molecular weight excluding hydrogens is 349 g/mol. The number of nitrogens with one attached hydrogen (secondary N) is 1. The van der Waals surface area contributed by atoms with Gasteiger partial charge < -0.3 is 0 Å². The Balaban J connectivity index is 3.52. The average Bonchev–Trinajstić information content (AvgIpc) is 2.34. The average molecular weight is 360 g/mol. The van der Waals surface area contributed by atoms with Gasteiger partial charge in [0.15, 0.2) is 0 Å². The molecule has 0 saturated heterocycles. The van der Waals surface area contributed by atoms with Crippen molar-refractivity contribution in [2.24, 2.45) is 0 Å². The molecule has 0 heterocycles. The normalized spacial score (nSPS) is 13.2. The number of halogens is 3. The molecule has 1 aromatic rings. The van der Waals surface area contributed by atoms with Crippen molar-refractivity contribution in [3.63, 3.8) is 0 Å². The topological polar surface area (TPSA) is 101 Å². The van der Waals surface area contributed by atoms with E-state index in [0.29, 0.717) is 12.5 Å². The van der Waals surface area contributed by atoms with Gasteiger partial charge in [0.25, 0.3) is 10.0 Å². The summed E-state index contributed by atoms with van der Waals surface area (Å²) in [5.74, 6) is -1.30. The van der Waals surface area contributed by atoms with Crippen molar-refractivity contribution in [3.8, 4) is 0 Å². The lowest BCUT2D eigenvalue weighted by molar-refractivity contribution is -0.121. The Morgan fingerprint density at radius 3 is 1.91 bits per heavy atom. The van der Waals surface area contributed by atoms with Gasteiger partial charge in [0.2, 0.25) is 5.91 Å². The summed E-state index contributed by atoms with van der Waals surface area (Å²) in [6, 6.07) is 4.37. The number of rotatable bonds is 4. The van der Waals surface area contributed by atoms with Crippen LogP contribution < -0.4 is 5.43 Å². The molecule has 0 radical (unpaired) electrons. The Morgan fingerprint density at radius 2 is 1.55 bits per heavy atom. The molecule has 0 unspecified atom stereocenters. The summed E-state index contributed by atoms with van der Waals surface area (Å²) in [6.07, 6.45) is 0. The van der Waals surface area contributed by atoms with Crippen LogP contribution in [0.25, 0.3) is 0 Å². The van der Waals surface area contributed by atoms with E-state index in [9.17, 15) is 34.8 Å². The van der Waals surface area contributed by atoms with Crippen molar-refractivity contribution in [1.82, 2.24) is 9.25 Å². The summed E-state index contributed by atoms with van der Waals surface area (Å²) in [4.78, 5) is 10.2. The molecule has 1 aromatic carbocycles. The summed E-state index contributed by atoms with van der Waals surface area (Å²) in [5, 5.41) is 0. The predicted octanol–water partition coefficient (Wildman–Crippen LogP) is 0.886. The van der Waals surface area contributed by atoms with Crippen molar-refractivity contribution in [3.05, 3.63) is 29.8 Å². The van der Waals surface area contributed by atoms with Crippen molar-refractivity contribution in [2.45, 2.75) is 24.3 Å². The van der Waals surface area contributed by atoms with E-state index in [2.05, 4.69) is 0 Å². The minimum Gasteiger partial charge on any atom is -0.274 e. The van der Waals surface area contributed by atoms with Crippen molar-refractivity contribution >= 4 is 26.0 Å². The van der Waals surface area contributed by atoms with Gasteiger partial charge in [-0.15, -0.1) is 0 Å². The number of benzene rings is 1. The zero-order valence-corrected chi connectivity index (χ0v) is 12.9. The standard InChI is InChI=1S/C10H11F3N2O5S2/c1-7-3-5-9(6-4-7)21(17,18)15(14-8(2)16)22(19,20)10(11,12)13/h3-6H,1-2H3,(H,14,16). The van der Waals surface area contributed by atoms with Crippen LogP contribution in [0.4, 0.5) is 13.2 Å². The van der Waals surface area contributed by atoms with Gasteiger partial charge in [-0.05, 0) is 19.1 Å². The molecule has 0 aliphatic rings. The second-order valence-corrected chi connectivity index (χ2v) is 7.93. The number of hydrazine groups is 1. The molecule has 0 aliphatic carbocycles. The number of hydrogen-bond donors (Lipinski definition) is 1. The number of aryl methyl sites for hydroxylation is 1. The smallest absolute Gasteiger partial charge is 0.274 e. The van der Waals surface area contributed by atoms with Crippen LogP contribution in [0.3, 0.4) is 0 Å². The maximum absolute atomic E-state index is 12.6. The third kappa shape index (κ3) is 3.56. The van der Waals surface area contributed by atoms with Crippen LogP contribution in [-0.4, -0.2) is 32.1 Å². The Morgan fingerprint density at radius 1 is 1.09 bits per heavy atom. The maximum Gasteiger partial charge on any atom is 0.514 e. The number of amides is 1. The number of nitrogens with zero attached hydrogens (tertiary/aromatic N) is 1. The minimum absolute atomic E-state index is 0.601. The van der Waals surface area contributed by atoms with Crippen LogP contribution in [0.2, 0.25) is 0 Å². The second-order valence-electron chi connectivity index (χ2n) is 4.13. The summed E-state index contributed by atoms with van der Waals surface area (Å²) in [7, 11) is -11.5. The molecule has 1 amide bonds. The van der Waals surface area contributed by atoms with Gasteiger partial charge >= 0.3 is 15.5 Å². The monoisotopic (exact) mass is 360 g/mol. The van der Waals surface area contributed by atoms with Crippen molar-refractivity contribution in [2.75, 3.05) is 0 Å². The van der Waals surface area contributed by atoms with Gasteiger partial charge in [0.1, 0.15) is 0 Å². The SMILES string of the molecule is CC(=O)NN(S(=O)(=O)c1ccc(C)cc1)S(=O)(=O)C(F)(F)F. The largest absolute Gasteiger partial charge is 0.514 e. The highest BCUT2D eigenvalue weighted by atomic mass is 32.3. The fraction of sp³-hybridized carbons (Fsp3) is 0.300. The zero-order valence-electron chi connectivity index (χ0n) is 11.2. The fourth-order valence-electron chi connectivity index (χ4n) is 1.28. The van der Waals surface area contributed by atoms with Crippen LogP contribution in [0.1, 0.15) is 12.5 Å². The molecule has 1 rings (SSSR count). The molecule has 22 heavy (non-hydrogen) atoms. The van der Waals surface area contributed by atoms with Gasteiger partial charge in [0, 0.05) is 10.7 Å². The molecule has 0 aliphatic heterocycles. The molecular formula is C10H11F3N2O5S2. The lowest BCUT2D eigenvalue weighted by Crippen LogP contribution is -2.53. The van der Waals surface area contributed by atoms with E-state index in [1.807, 2.05) is 0 Å². The Labute approximate surface area is 124 Å². The summed E-state index contributed by atoms with van der Waals surface area (Å²) < 4.78 is 83.7. The Hall–Kier alpha value is -1.66. The number of hydrogen-bond acceptors (Lipinski definition) is 5. The first-order valence-corrected chi connectivity index (χ1v) is 8.39. The van der Waals surface area contributed by atoms with Crippen molar-refractivity contribution in [1.29, 1.82) is 0 Å². The van der Waals surface area contributed by atoms with E-state index in [-0.39, 0.29) is 0 Å². The van der Waals surface area contributed by atoms with E-state index in [1.165, 1.54) is 17.6 Å². The van der Waals surface area contributed by atoms with Gasteiger partial charge in [-0.1, -0.05) is 17.7 Å². The second kappa shape index (κ2) is 5.85. The molecule has 0 atom stereocenters. The molecule has 0 fully saturated rings. The fourth-order valence-corrected chi connectivity index (χ4v) is 4.18. The summed E-state index contributed by atoms with van der Waals surface area (Å²) in [6.45, 7) is 2.26. The van der Waals surface area contributed by atoms with Crippen LogP contribution >= 0.6 is 0 Å². The highest BCUT2D eigenvalue weighted by molar-refractivity contribution is 8.04. The molecule has 12 heteroatoms. The van der Waals surface area contributed by atoms with Gasteiger partial charge in [-0.25, -0.2) is 8.42 Å². The number of carbonyl (C=O) groups is 1. The molecule has 1 N–H and O–H groups in total. The summed E-state index contributed by atoms with van der Waals surface area (Å²) in [5.41, 5.74) is -4.13. The van der Waals surface area contributed by atoms with Crippen LogP contribution in [0, 0.1) is 6.92 Å². The highest BCUT2D eigenvalue weighted by Gasteiger charge is 2.55. The van der Waals surface area contributed by atoms with E-state index in [4.69, 9.17) is 0 Å². The third-order valence-electron chi connectivity index (χ3n) is 2.30. The zero-order chi connectivity index (χ0) is 17.3. The van der Waals surface area contributed by atoms with Gasteiger partial charge in [0.05, 0.1) is 4.90 Å². The first kappa shape index (κ1) is 18.4. The molecule has 7 nitrogen and oxygen atoms in total. The molecule has 0 bridgehead atoms. The quantitative estimate of drug-likeness (QED) is 0.804. The van der Waals surface area contributed by atoms with Crippen LogP contribution in [0.5, 0.6) is 0 Å². The van der Waals surface area contributed by atoms with Gasteiger partial charge in [-0.2, -0.15) is 21.6 Å². The molecule has 124 valence electrons. The molecule has 0 spiro atoms. The first-order chi connectivity index (χ1) is 9.80. The maximum atomic E-state index is 12.6. The molecule has 0 saturated carbocycles. The lowest BCUT2D eigenvalue weighted by Gasteiger charge is -2.22. The van der Waals surface area contributed by atoms with E-state index < -0.39 is 40.2 Å². The lowest BCUT2D eigenvalue weighted by atomic mass is 10.2. The number of carbonyl (C=O) groups excluding carboxylic acids is 1. The van der Waals surface area contributed by atoms with E-state index >= 15 is 0 Å². The Bertz CT molecular complexity index is 770. The minimum atomic E-state index is -6.34. The van der Waals surface area contributed by atoms with E-state index in [0.717, 1.165) is 12.1 Å². The third-order valence-corrected chi connectivity index (χ3v) is 5.98. The van der Waals surface area contributed by atoms with Gasteiger partial charge in [-0.3, -0.25) is 10.2 Å². The number of alkyl halides is 3. The first-order valence-electron chi connectivity index (χ1n) is 5.51. The predicted molar refractivity (Wildman–Crippen MR) is 69.0 cm³/mol. The molecule has 0 aromatic heterocycles. The van der Waals surface area contributed by atoms with Crippen LogP contribution in [-0.2, 0) is 24.8 Å². The Kier molecular flexibility index (Phi) is 4.89. The summed E-state index contributed by atoms with van der Waals surface area (Å²) >= 11 is 0.